The summed E-state index contributed by atoms with van der Waals surface area (Å²) in [6.07, 6.45) is 1.40. The van der Waals surface area contributed by atoms with E-state index in [4.69, 9.17) is 9.15 Å². The summed E-state index contributed by atoms with van der Waals surface area (Å²) < 4.78 is 12.9. The zero-order valence-electron chi connectivity index (χ0n) is 14.4. The van der Waals surface area contributed by atoms with E-state index >= 15 is 0 Å². The van der Waals surface area contributed by atoms with E-state index in [1.54, 1.807) is 19.2 Å². The van der Waals surface area contributed by atoms with Crippen LogP contribution in [0.1, 0.15) is 47.6 Å². The van der Waals surface area contributed by atoms with Crippen molar-refractivity contribution >= 4 is 61.9 Å². The number of ketones is 1. The first-order chi connectivity index (χ1) is 12.5. The third-order valence-electron chi connectivity index (χ3n) is 4.26. The number of carbonyl (C=O) groups excluding carboxylic acids is 1. The molecule has 0 amide bonds. The van der Waals surface area contributed by atoms with Crippen LogP contribution < -0.4 is 0 Å². The Balaban J connectivity index is 2.21. The molecule has 1 N–H and O–H groups in total. The number of halogens is 2. The Morgan fingerprint density at radius 1 is 1.23 bits per heavy atom. The number of methoxy groups -OCH3 is 1. The van der Waals surface area contributed by atoms with E-state index < -0.39 is 0 Å². The number of phenols is 1. The second kappa shape index (κ2) is 8.26. The lowest BCUT2D eigenvalue weighted by Gasteiger charge is -2.14. The van der Waals surface area contributed by atoms with E-state index in [0.717, 1.165) is 18.2 Å². The van der Waals surface area contributed by atoms with Gasteiger partial charge in [-0.1, -0.05) is 31.5 Å². The van der Waals surface area contributed by atoms with Crippen LogP contribution in [0.3, 0.4) is 0 Å². The SMILES string of the molecule is CCCC(OC)c1oc2ccccc2c1C(=O)c1cc(I)c(O)c(I)c1. The van der Waals surface area contributed by atoms with Gasteiger partial charge in [0.15, 0.2) is 5.78 Å². The summed E-state index contributed by atoms with van der Waals surface area (Å²) in [6, 6.07) is 10.9. The number of fused-ring (bicyclic) bond motifs is 1. The first-order valence-electron chi connectivity index (χ1n) is 8.24. The van der Waals surface area contributed by atoms with Crippen molar-refractivity contribution < 1.29 is 19.1 Å². The minimum absolute atomic E-state index is 0.126. The Morgan fingerprint density at radius 3 is 2.50 bits per heavy atom. The highest BCUT2D eigenvalue weighted by Crippen LogP contribution is 2.36. The molecule has 1 heterocycles. The minimum Gasteiger partial charge on any atom is -0.506 e. The third kappa shape index (κ3) is 3.63. The van der Waals surface area contributed by atoms with Gasteiger partial charge in [-0.3, -0.25) is 4.79 Å². The lowest BCUT2D eigenvalue weighted by molar-refractivity contribution is 0.0753. The van der Waals surface area contributed by atoms with Gasteiger partial charge in [-0.05, 0) is 69.8 Å². The predicted octanol–water partition coefficient (Wildman–Crippen LogP) is 6.07. The first-order valence-corrected chi connectivity index (χ1v) is 10.4. The van der Waals surface area contributed by atoms with Crippen LogP contribution in [0, 0.1) is 7.14 Å². The molecule has 0 aliphatic carbocycles. The van der Waals surface area contributed by atoms with Gasteiger partial charge in [-0.15, -0.1) is 0 Å². The van der Waals surface area contributed by atoms with Gasteiger partial charge in [0.05, 0.1) is 12.7 Å². The molecule has 3 rings (SSSR count). The highest BCUT2D eigenvalue weighted by molar-refractivity contribution is 14.1. The van der Waals surface area contributed by atoms with E-state index in [1.807, 2.05) is 69.4 Å². The number of benzene rings is 2. The number of phenolic OH excluding ortho intramolecular Hbond substituents is 1. The minimum atomic E-state index is -0.276. The van der Waals surface area contributed by atoms with Crippen molar-refractivity contribution in [3.63, 3.8) is 0 Å². The summed E-state index contributed by atoms with van der Waals surface area (Å²) in [5.41, 5.74) is 1.74. The lowest BCUT2D eigenvalue weighted by Crippen LogP contribution is -2.09. The summed E-state index contributed by atoms with van der Waals surface area (Å²) >= 11 is 4.07. The van der Waals surface area contributed by atoms with Crippen molar-refractivity contribution in [1.82, 2.24) is 0 Å². The maximum atomic E-state index is 13.4. The van der Waals surface area contributed by atoms with E-state index in [2.05, 4.69) is 6.92 Å². The molecule has 0 saturated heterocycles. The van der Waals surface area contributed by atoms with E-state index in [9.17, 15) is 9.90 Å². The third-order valence-corrected chi connectivity index (χ3v) is 5.90. The Labute approximate surface area is 179 Å². The lowest BCUT2D eigenvalue weighted by atomic mass is 9.97. The van der Waals surface area contributed by atoms with Crippen LogP contribution >= 0.6 is 45.2 Å². The fourth-order valence-corrected chi connectivity index (χ4v) is 4.75. The maximum Gasteiger partial charge on any atom is 0.197 e. The van der Waals surface area contributed by atoms with Gasteiger partial charge in [0, 0.05) is 18.1 Å². The summed E-state index contributed by atoms with van der Waals surface area (Å²) in [5, 5.41) is 10.8. The molecule has 26 heavy (non-hydrogen) atoms. The zero-order chi connectivity index (χ0) is 18.8. The highest BCUT2D eigenvalue weighted by atomic mass is 127. The molecule has 0 bridgehead atoms. The summed E-state index contributed by atoms with van der Waals surface area (Å²) in [7, 11) is 1.63. The van der Waals surface area contributed by atoms with Crippen LogP contribution in [-0.2, 0) is 4.74 Å². The molecule has 0 fully saturated rings. The van der Waals surface area contributed by atoms with E-state index in [1.165, 1.54) is 0 Å². The number of carbonyl (C=O) groups is 1. The van der Waals surface area contributed by atoms with Crippen LogP contribution in [0.15, 0.2) is 40.8 Å². The number of para-hydroxylation sites is 1. The number of aromatic hydroxyl groups is 1. The second-order valence-corrected chi connectivity index (χ2v) is 8.29. The predicted molar refractivity (Wildman–Crippen MR) is 118 cm³/mol. The van der Waals surface area contributed by atoms with Crippen molar-refractivity contribution in [3.05, 3.63) is 60.4 Å². The number of hydrogen-bond acceptors (Lipinski definition) is 4. The molecule has 6 heteroatoms. The standard InChI is InChI=1S/C20H18I2O4/c1-3-6-16(25-2)20-17(12-7-4-5-8-15(12)26-20)18(23)11-9-13(21)19(24)14(22)10-11/h4-5,7-10,16,24H,3,6H2,1-2H3. The van der Waals surface area contributed by atoms with Crippen molar-refractivity contribution in [2.45, 2.75) is 25.9 Å². The molecular formula is C20H18I2O4. The van der Waals surface area contributed by atoms with Crippen molar-refractivity contribution in [2.24, 2.45) is 0 Å². The molecule has 3 aromatic rings. The zero-order valence-corrected chi connectivity index (χ0v) is 18.7. The van der Waals surface area contributed by atoms with Gasteiger partial charge in [0.1, 0.15) is 23.2 Å². The van der Waals surface area contributed by atoms with Gasteiger partial charge in [0.25, 0.3) is 0 Å². The summed E-state index contributed by atoms with van der Waals surface area (Å²) in [6.45, 7) is 2.07. The quantitative estimate of drug-likeness (QED) is 0.286. The Morgan fingerprint density at radius 2 is 1.88 bits per heavy atom. The molecule has 136 valence electrons. The fraction of sp³-hybridized carbons (Fsp3) is 0.250. The topological polar surface area (TPSA) is 59.7 Å². The molecule has 0 aliphatic heterocycles. The highest BCUT2D eigenvalue weighted by Gasteiger charge is 2.27. The number of ether oxygens (including phenoxy) is 1. The fourth-order valence-electron chi connectivity index (χ4n) is 2.98. The monoisotopic (exact) mass is 576 g/mol. The average molecular weight is 576 g/mol. The number of furan rings is 1. The van der Waals surface area contributed by atoms with Gasteiger partial charge >= 0.3 is 0 Å². The van der Waals surface area contributed by atoms with Crippen LogP contribution in [-0.4, -0.2) is 18.0 Å². The van der Waals surface area contributed by atoms with Crippen molar-refractivity contribution in [2.75, 3.05) is 7.11 Å². The van der Waals surface area contributed by atoms with E-state index in [0.29, 0.717) is 29.6 Å². The van der Waals surface area contributed by atoms with E-state index in [-0.39, 0.29) is 17.6 Å². The van der Waals surface area contributed by atoms with Crippen molar-refractivity contribution in [1.29, 1.82) is 0 Å². The Hall–Kier alpha value is -1.13. The van der Waals surface area contributed by atoms with Gasteiger partial charge in [-0.2, -0.15) is 0 Å². The second-order valence-electron chi connectivity index (χ2n) is 5.97. The van der Waals surface area contributed by atoms with Crippen LogP contribution in [0.5, 0.6) is 5.75 Å². The molecule has 1 atom stereocenters. The molecule has 0 aliphatic rings. The maximum absolute atomic E-state index is 13.4. The Kier molecular flexibility index (Phi) is 6.24. The van der Waals surface area contributed by atoms with Crippen molar-refractivity contribution in [3.8, 4) is 5.75 Å². The van der Waals surface area contributed by atoms with Gasteiger partial charge < -0.3 is 14.3 Å². The summed E-state index contributed by atoms with van der Waals surface area (Å²) in [5.74, 6) is 0.637. The normalized spacial score (nSPS) is 12.5. The molecule has 0 radical (unpaired) electrons. The van der Waals surface area contributed by atoms with Crippen LogP contribution in [0.25, 0.3) is 11.0 Å². The molecule has 2 aromatic carbocycles. The molecule has 0 spiro atoms. The molecule has 1 unspecified atom stereocenters. The molecule has 1 aromatic heterocycles. The summed E-state index contributed by atoms with van der Waals surface area (Å²) in [4.78, 5) is 13.4. The molecule has 0 saturated carbocycles. The largest absolute Gasteiger partial charge is 0.506 e. The van der Waals surface area contributed by atoms with Gasteiger partial charge in [-0.25, -0.2) is 0 Å². The smallest absolute Gasteiger partial charge is 0.197 e. The van der Waals surface area contributed by atoms with Crippen LogP contribution in [0.2, 0.25) is 0 Å². The Bertz CT molecular complexity index is 939. The van der Waals surface area contributed by atoms with Crippen LogP contribution in [0.4, 0.5) is 0 Å². The number of hydrogen-bond donors (Lipinski definition) is 1. The number of rotatable bonds is 6. The average Bonchev–Trinajstić information content (AvgIpc) is 3.02. The first kappa shape index (κ1) is 19.6. The molecular weight excluding hydrogens is 558 g/mol. The van der Waals surface area contributed by atoms with Gasteiger partial charge in [0.2, 0.25) is 0 Å². The molecule has 4 nitrogen and oxygen atoms in total.